The second-order valence-corrected chi connectivity index (χ2v) is 4.76. The number of hydrogen-bond acceptors (Lipinski definition) is 3. The second-order valence-electron chi connectivity index (χ2n) is 4.38. The minimum atomic E-state index is 0.447. The Kier molecular flexibility index (Phi) is 5.27. The normalized spacial score (nSPS) is 10.3. The van der Waals surface area contributed by atoms with E-state index >= 15 is 0 Å². The van der Waals surface area contributed by atoms with Crippen molar-refractivity contribution in [3.63, 3.8) is 0 Å². The molecule has 0 saturated carbocycles. The van der Waals surface area contributed by atoms with Crippen LogP contribution >= 0.6 is 11.6 Å². The van der Waals surface area contributed by atoms with E-state index in [4.69, 9.17) is 26.8 Å². The number of benzene rings is 2. The van der Waals surface area contributed by atoms with Crippen LogP contribution in [0.25, 0.3) is 0 Å². The standard InChI is InChI=1S/C16H18ClNO2/c1-19-14-8-7-13(9-10-18)15(17)16(14)20-11-12-5-3-2-4-6-12/h2-8H,9-11,18H2,1H3. The van der Waals surface area contributed by atoms with Crippen LogP contribution in [0.4, 0.5) is 0 Å². The van der Waals surface area contributed by atoms with Crippen LogP contribution in [-0.2, 0) is 13.0 Å². The van der Waals surface area contributed by atoms with Gasteiger partial charge in [0.2, 0.25) is 0 Å². The summed E-state index contributed by atoms with van der Waals surface area (Å²) in [6, 6.07) is 13.7. The third-order valence-corrected chi connectivity index (χ3v) is 3.41. The average molecular weight is 292 g/mol. The minimum Gasteiger partial charge on any atom is -0.493 e. The van der Waals surface area contributed by atoms with E-state index in [1.165, 1.54) is 0 Å². The molecule has 0 bridgehead atoms. The summed E-state index contributed by atoms with van der Waals surface area (Å²) in [6.45, 7) is 0.993. The lowest BCUT2D eigenvalue weighted by molar-refractivity contribution is 0.284. The van der Waals surface area contributed by atoms with Crippen LogP contribution in [0.15, 0.2) is 42.5 Å². The second kappa shape index (κ2) is 7.17. The van der Waals surface area contributed by atoms with E-state index < -0.39 is 0 Å². The predicted octanol–water partition coefficient (Wildman–Crippen LogP) is 3.43. The van der Waals surface area contributed by atoms with Gasteiger partial charge in [-0.05, 0) is 30.2 Å². The Balaban J connectivity index is 2.22. The van der Waals surface area contributed by atoms with E-state index in [-0.39, 0.29) is 0 Å². The molecule has 0 fully saturated rings. The molecule has 2 N–H and O–H groups in total. The molecule has 0 atom stereocenters. The summed E-state index contributed by atoms with van der Waals surface area (Å²) in [5, 5.41) is 0.575. The lowest BCUT2D eigenvalue weighted by Crippen LogP contribution is -2.05. The van der Waals surface area contributed by atoms with Crippen molar-refractivity contribution >= 4 is 11.6 Å². The van der Waals surface area contributed by atoms with E-state index in [9.17, 15) is 0 Å². The van der Waals surface area contributed by atoms with Crippen molar-refractivity contribution in [1.29, 1.82) is 0 Å². The van der Waals surface area contributed by atoms with Crippen molar-refractivity contribution in [2.24, 2.45) is 5.73 Å². The molecular formula is C16H18ClNO2. The lowest BCUT2D eigenvalue weighted by atomic mass is 10.1. The lowest BCUT2D eigenvalue weighted by Gasteiger charge is -2.15. The van der Waals surface area contributed by atoms with Crippen LogP contribution < -0.4 is 15.2 Å². The molecule has 0 aromatic heterocycles. The molecule has 2 aromatic carbocycles. The monoisotopic (exact) mass is 291 g/mol. The zero-order valence-corrected chi connectivity index (χ0v) is 12.2. The van der Waals surface area contributed by atoms with Gasteiger partial charge >= 0.3 is 0 Å². The first-order valence-corrected chi connectivity index (χ1v) is 6.86. The van der Waals surface area contributed by atoms with Gasteiger partial charge in [0.15, 0.2) is 11.5 Å². The molecule has 2 aromatic rings. The molecule has 0 saturated heterocycles. The predicted molar refractivity (Wildman–Crippen MR) is 81.5 cm³/mol. The van der Waals surface area contributed by atoms with E-state index in [2.05, 4.69) is 0 Å². The van der Waals surface area contributed by atoms with Crippen LogP contribution in [0.1, 0.15) is 11.1 Å². The van der Waals surface area contributed by atoms with Crippen molar-refractivity contribution in [1.82, 2.24) is 0 Å². The maximum Gasteiger partial charge on any atom is 0.180 e. The third-order valence-electron chi connectivity index (χ3n) is 3.00. The summed E-state index contributed by atoms with van der Waals surface area (Å²) in [5.41, 5.74) is 7.63. The number of halogens is 1. The molecule has 3 nitrogen and oxygen atoms in total. The Morgan fingerprint density at radius 2 is 1.85 bits per heavy atom. The van der Waals surface area contributed by atoms with Crippen molar-refractivity contribution in [3.8, 4) is 11.5 Å². The van der Waals surface area contributed by atoms with Gasteiger partial charge in [-0.3, -0.25) is 0 Å². The molecule has 0 amide bonds. The zero-order chi connectivity index (χ0) is 14.4. The van der Waals surface area contributed by atoms with E-state index in [1.807, 2.05) is 42.5 Å². The van der Waals surface area contributed by atoms with Gasteiger partial charge in [0.05, 0.1) is 12.1 Å². The molecule has 0 spiro atoms. The maximum absolute atomic E-state index is 6.38. The fourth-order valence-corrected chi connectivity index (χ4v) is 2.26. The Labute approximate surface area is 124 Å². The summed E-state index contributed by atoms with van der Waals surface area (Å²) < 4.78 is 11.1. The van der Waals surface area contributed by atoms with Crippen LogP contribution in [0.3, 0.4) is 0 Å². The van der Waals surface area contributed by atoms with Gasteiger partial charge in [-0.25, -0.2) is 0 Å². The Bertz CT molecular complexity index is 558. The molecule has 0 radical (unpaired) electrons. The highest BCUT2D eigenvalue weighted by atomic mass is 35.5. The molecule has 20 heavy (non-hydrogen) atoms. The van der Waals surface area contributed by atoms with Gasteiger partial charge in [0, 0.05) is 0 Å². The number of ether oxygens (including phenoxy) is 2. The molecule has 0 aliphatic rings. The van der Waals surface area contributed by atoms with Gasteiger partial charge < -0.3 is 15.2 Å². The van der Waals surface area contributed by atoms with Gasteiger partial charge in [-0.15, -0.1) is 0 Å². The van der Waals surface area contributed by atoms with Crippen LogP contribution in [0.5, 0.6) is 11.5 Å². The summed E-state index contributed by atoms with van der Waals surface area (Å²) in [7, 11) is 1.60. The molecule has 0 heterocycles. The first-order valence-electron chi connectivity index (χ1n) is 6.48. The van der Waals surface area contributed by atoms with Crippen LogP contribution in [-0.4, -0.2) is 13.7 Å². The summed E-state index contributed by atoms with van der Waals surface area (Å²) in [5.74, 6) is 1.20. The Morgan fingerprint density at radius 3 is 2.50 bits per heavy atom. The first-order chi connectivity index (χ1) is 9.76. The Hall–Kier alpha value is -1.71. The first kappa shape index (κ1) is 14.7. The van der Waals surface area contributed by atoms with Crippen LogP contribution in [0, 0.1) is 0 Å². The number of hydrogen-bond donors (Lipinski definition) is 1. The van der Waals surface area contributed by atoms with Gasteiger partial charge in [0.1, 0.15) is 6.61 Å². The van der Waals surface area contributed by atoms with E-state index in [0.717, 1.165) is 11.1 Å². The van der Waals surface area contributed by atoms with E-state index in [1.54, 1.807) is 7.11 Å². The fourth-order valence-electron chi connectivity index (χ4n) is 1.95. The van der Waals surface area contributed by atoms with Gasteiger partial charge in [-0.1, -0.05) is 48.0 Å². The highest BCUT2D eigenvalue weighted by Gasteiger charge is 2.13. The Morgan fingerprint density at radius 1 is 1.10 bits per heavy atom. The van der Waals surface area contributed by atoms with Crippen molar-refractivity contribution in [2.75, 3.05) is 13.7 Å². The van der Waals surface area contributed by atoms with E-state index in [0.29, 0.717) is 36.1 Å². The molecule has 4 heteroatoms. The molecular weight excluding hydrogens is 274 g/mol. The largest absolute Gasteiger partial charge is 0.493 e. The summed E-state index contributed by atoms with van der Waals surface area (Å²) in [4.78, 5) is 0. The van der Waals surface area contributed by atoms with Gasteiger partial charge in [-0.2, -0.15) is 0 Å². The maximum atomic E-state index is 6.38. The van der Waals surface area contributed by atoms with Crippen LogP contribution in [0.2, 0.25) is 5.02 Å². The van der Waals surface area contributed by atoms with Crippen molar-refractivity contribution < 1.29 is 9.47 Å². The number of nitrogens with two attached hydrogens (primary N) is 1. The fraction of sp³-hybridized carbons (Fsp3) is 0.250. The highest BCUT2D eigenvalue weighted by Crippen LogP contribution is 2.38. The quantitative estimate of drug-likeness (QED) is 0.887. The molecule has 0 unspecified atom stereocenters. The molecule has 0 aliphatic carbocycles. The highest BCUT2D eigenvalue weighted by molar-refractivity contribution is 6.33. The molecule has 106 valence electrons. The average Bonchev–Trinajstić information content (AvgIpc) is 2.49. The number of rotatable bonds is 6. The SMILES string of the molecule is COc1ccc(CCN)c(Cl)c1OCc1ccccc1. The minimum absolute atomic E-state index is 0.447. The zero-order valence-electron chi connectivity index (χ0n) is 11.4. The summed E-state index contributed by atoms with van der Waals surface area (Å²) >= 11 is 6.38. The van der Waals surface area contributed by atoms with Gasteiger partial charge in [0.25, 0.3) is 0 Å². The van der Waals surface area contributed by atoms with Crippen molar-refractivity contribution in [3.05, 3.63) is 58.6 Å². The smallest absolute Gasteiger partial charge is 0.180 e. The molecule has 0 aliphatic heterocycles. The number of methoxy groups -OCH3 is 1. The summed E-state index contributed by atoms with van der Waals surface area (Å²) in [6.07, 6.45) is 0.713. The third kappa shape index (κ3) is 3.44. The topological polar surface area (TPSA) is 44.5 Å². The molecule has 2 rings (SSSR count). The van der Waals surface area contributed by atoms with Crippen molar-refractivity contribution in [2.45, 2.75) is 13.0 Å².